The number of halogens is 1. The Hall–Kier alpha value is -0.130. The summed E-state index contributed by atoms with van der Waals surface area (Å²) in [7, 11) is 0. The van der Waals surface area contributed by atoms with E-state index in [1.165, 1.54) is 9.13 Å². The third kappa shape index (κ3) is 3.45. The fraction of sp³-hybridized carbons (Fsp3) is 0.600. The highest BCUT2D eigenvalue weighted by atomic mass is 127. The lowest BCUT2D eigenvalue weighted by Gasteiger charge is -2.42. The lowest BCUT2D eigenvalue weighted by atomic mass is 9.81. The summed E-state index contributed by atoms with van der Waals surface area (Å²) in [5.41, 5.74) is 1.72. The van der Waals surface area contributed by atoms with Crippen LogP contribution < -0.4 is 5.32 Å². The molecular formula is C15H23IN2. The molecule has 1 aliphatic heterocycles. The molecule has 0 unspecified atom stereocenters. The fourth-order valence-electron chi connectivity index (χ4n) is 2.88. The SMILES string of the molecule is CC(C)(C)[C@H](c1cccc(I)c1)N1CCNCC1. The smallest absolute Gasteiger partial charge is 0.0397 e. The Morgan fingerprint density at radius 3 is 2.44 bits per heavy atom. The number of nitrogens with zero attached hydrogens (tertiary/aromatic N) is 1. The van der Waals surface area contributed by atoms with Gasteiger partial charge in [-0.05, 0) is 45.7 Å². The van der Waals surface area contributed by atoms with E-state index in [0.717, 1.165) is 26.2 Å². The Balaban J connectivity index is 2.30. The summed E-state index contributed by atoms with van der Waals surface area (Å²) in [4.78, 5) is 2.63. The van der Waals surface area contributed by atoms with Crippen molar-refractivity contribution in [3.05, 3.63) is 33.4 Å². The van der Waals surface area contributed by atoms with E-state index in [1.54, 1.807) is 0 Å². The molecule has 2 rings (SSSR count). The predicted octanol–water partition coefficient (Wildman–Crippen LogP) is 3.28. The van der Waals surface area contributed by atoms with Crippen molar-refractivity contribution in [2.75, 3.05) is 26.2 Å². The minimum Gasteiger partial charge on any atom is -0.314 e. The van der Waals surface area contributed by atoms with E-state index in [2.05, 4.69) is 77.8 Å². The Bertz CT molecular complexity index is 392. The van der Waals surface area contributed by atoms with Crippen molar-refractivity contribution in [3.63, 3.8) is 0 Å². The van der Waals surface area contributed by atoms with Gasteiger partial charge in [0.15, 0.2) is 0 Å². The van der Waals surface area contributed by atoms with E-state index in [1.807, 2.05) is 0 Å². The van der Waals surface area contributed by atoms with Crippen LogP contribution in [-0.4, -0.2) is 31.1 Å². The van der Waals surface area contributed by atoms with Crippen molar-refractivity contribution in [1.29, 1.82) is 0 Å². The number of piperazine rings is 1. The zero-order valence-electron chi connectivity index (χ0n) is 11.5. The van der Waals surface area contributed by atoms with Crippen molar-refractivity contribution in [2.24, 2.45) is 5.41 Å². The molecule has 0 aliphatic carbocycles. The predicted molar refractivity (Wildman–Crippen MR) is 85.8 cm³/mol. The summed E-state index contributed by atoms with van der Waals surface area (Å²) in [6, 6.07) is 9.47. The molecule has 1 aromatic rings. The van der Waals surface area contributed by atoms with Crippen LogP contribution in [0, 0.1) is 8.99 Å². The van der Waals surface area contributed by atoms with E-state index in [9.17, 15) is 0 Å². The number of benzene rings is 1. The van der Waals surface area contributed by atoms with E-state index < -0.39 is 0 Å². The van der Waals surface area contributed by atoms with E-state index in [0.29, 0.717) is 6.04 Å². The van der Waals surface area contributed by atoms with Crippen LogP contribution in [0.25, 0.3) is 0 Å². The highest BCUT2D eigenvalue weighted by Gasteiger charge is 2.32. The third-order valence-electron chi connectivity index (χ3n) is 3.50. The van der Waals surface area contributed by atoms with Crippen molar-refractivity contribution in [2.45, 2.75) is 26.8 Å². The normalized spacial score (nSPS) is 19.8. The quantitative estimate of drug-likeness (QED) is 0.817. The zero-order chi connectivity index (χ0) is 13.2. The monoisotopic (exact) mass is 358 g/mol. The van der Waals surface area contributed by atoms with Gasteiger partial charge in [-0.2, -0.15) is 0 Å². The van der Waals surface area contributed by atoms with Gasteiger partial charge in [0.2, 0.25) is 0 Å². The number of hydrogen-bond donors (Lipinski definition) is 1. The molecule has 0 bridgehead atoms. The van der Waals surface area contributed by atoms with Crippen LogP contribution in [0.3, 0.4) is 0 Å². The van der Waals surface area contributed by atoms with Crippen molar-refractivity contribution >= 4 is 22.6 Å². The summed E-state index contributed by atoms with van der Waals surface area (Å²) in [6.45, 7) is 11.5. The molecule has 0 saturated carbocycles. The molecule has 1 saturated heterocycles. The van der Waals surface area contributed by atoms with Gasteiger partial charge in [-0.1, -0.05) is 32.9 Å². The molecule has 0 radical (unpaired) electrons. The molecule has 3 heteroatoms. The van der Waals surface area contributed by atoms with Gasteiger partial charge in [0, 0.05) is 35.8 Å². The average Bonchev–Trinajstić information content (AvgIpc) is 2.28. The average molecular weight is 358 g/mol. The summed E-state index contributed by atoms with van der Waals surface area (Å²) < 4.78 is 1.33. The second-order valence-electron chi connectivity index (χ2n) is 6.11. The molecule has 1 N–H and O–H groups in total. The Morgan fingerprint density at radius 1 is 1.22 bits per heavy atom. The van der Waals surface area contributed by atoms with Crippen LogP contribution in [0.15, 0.2) is 24.3 Å². The number of hydrogen-bond acceptors (Lipinski definition) is 2. The Labute approximate surface area is 124 Å². The van der Waals surface area contributed by atoms with Crippen LogP contribution in [0.1, 0.15) is 32.4 Å². The molecule has 2 nitrogen and oxygen atoms in total. The molecule has 0 aromatic heterocycles. The highest BCUT2D eigenvalue weighted by molar-refractivity contribution is 14.1. The topological polar surface area (TPSA) is 15.3 Å². The molecular weight excluding hydrogens is 335 g/mol. The van der Waals surface area contributed by atoms with Gasteiger partial charge in [0.1, 0.15) is 0 Å². The summed E-state index contributed by atoms with van der Waals surface area (Å²) in [5, 5.41) is 3.44. The first-order valence-electron chi connectivity index (χ1n) is 6.69. The molecule has 1 aromatic carbocycles. The van der Waals surface area contributed by atoms with Crippen molar-refractivity contribution in [3.8, 4) is 0 Å². The molecule has 0 amide bonds. The van der Waals surface area contributed by atoms with Gasteiger partial charge in [-0.3, -0.25) is 4.90 Å². The summed E-state index contributed by atoms with van der Waals surface area (Å²) in [5.74, 6) is 0. The van der Waals surface area contributed by atoms with Crippen LogP contribution in [0.5, 0.6) is 0 Å². The molecule has 18 heavy (non-hydrogen) atoms. The maximum Gasteiger partial charge on any atom is 0.0397 e. The van der Waals surface area contributed by atoms with Gasteiger partial charge < -0.3 is 5.32 Å². The maximum absolute atomic E-state index is 3.44. The second-order valence-corrected chi connectivity index (χ2v) is 7.36. The second kappa shape index (κ2) is 5.88. The van der Waals surface area contributed by atoms with Gasteiger partial charge in [0.25, 0.3) is 0 Å². The van der Waals surface area contributed by atoms with Crippen molar-refractivity contribution < 1.29 is 0 Å². The van der Waals surface area contributed by atoms with Gasteiger partial charge in [-0.25, -0.2) is 0 Å². The minimum atomic E-state index is 0.266. The molecule has 1 heterocycles. The van der Waals surface area contributed by atoms with Gasteiger partial charge in [-0.15, -0.1) is 0 Å². The third-order valence-corrected chi connectivity index (χ3v) is 4.17. The maximum atomic E-state index is 3.44. The van der Waals surface area contributed by atoms with Crippen LogP contribution in [0.2, 0.25) is 0 Å². The lowest BCUT2D eigenvalue weighted by Crippen LogP contribution is -2.48. The first kappa shape index (κ1) is 14.3. The molecule has 1 fully saturated rings. The zero-order valence-corrected chi connectivity index (χ0v) is 13.7. The van der Waals surface area contributed by atoms with Crippen LogP contribution in [-0.2, 0) is 0 Å². The first-order valence-corrected chi connectivity index (χ1v) is 7.76. The molecule has 100 valence electrons. The number of rotatable bonds is 2. The number of nitrogens with one attached hydrogen (secondary N) is 1. The standard InChI is InChI=1S/C15H23IN2/c1-15(2,3)14(18-9-7-17-8-10-18)12-5-4-6-13(16)11-12/h4-6,11,14,17H,7-10H2,1-3H3/t14-/m0/s1. The van der Waals surface area contributed by atoms with E-state index in [-0.39, 0.29) is 5.41 Å². The molecule has 1 aliphatic rings. The molecule has 0 spiro atoms. The Kier molecular flexibility index (Phi) is 4.67. The van der Waals surface area contributed by atoms with E-state index in [4.69, 9.17) is 0 Å². The van der Waals surface area contributed by atoms with Crippen LogP contribution in [0.4, 0.5) is 0 Å². The highest BCUT2D eigenvalue weighted by Crippen LogP contribution is 2.38. The van der Waals surface area contributed by atoms with Gasteiger partial charge in [0.05, 0.1) is 0 Å². The summed E-state index contributed by atoms with van der Waals surface area (Å²) in [6.07, 6.45) is 0. The Morgan fingerprint density at radius 2 is 1.89 bits per heavy atom. The first-order chi connectivity index (χ1) is 8.48. The minimum absolute atomic E-state index is 0.266. The summed E-state index contributed by atoms with van der Waals surface area (Å²) >= 11 is 2.41. The van der Waals surface area contributed by atoms with Crippen molar-refractivity contribution in [1.82, 2.24) is 10.2 Å². The fourth-order valence-corrected chi connectivity index (χ4v) is 3.44. The largest absolute Gasteiger partial charge is 0.314 e. The lowest BCUT2D eigenvalue weighted by molar-refractivity contribution is 0.0862. The van der Waals surface area contributed by atoms with E-state index >= 15 is 0 Å². The van der Waals surface area contributed by atoms with Crippen LogP contribution >= 0.6 is 22.6 Å². The molecule has 1 atom stereocenters. The van der Waals surface area contributed by atoms with Gasteiger partial charge >= 0.3 is 0 Å².